The van der Waals surface area contributed by atoms with Gasteiger partial charge in [0.2, 0.25) is 0 Å². The first-order chi connectivity index (χ1) is 9.40. The van der Waals surface area contributed by atoms with Gasteiger partial charge in [-0.1, -0.05) is 17.7 Å². The van der Waals surface area contributed by atoms with Crippen LogP contribution in [0.1, 0.15) is 29.7 Å². The fourth-order valence-electron chi connectivity index (χ4n) is 2.48. The molecule has 0 spiro atoms. The summed E-state index contributed by atoms with van der Waals surface area (Å²) >= 11 is 0. The topological polar surface area (TPSA) is 23.5 Å². The Bertz CT molecular complexity index is 624. The van der Waals surface area contributed by atoms with Crippen molar-refractivity contribution in [3.05, 3.63) is 58.9 Å². The average Bonchev–Trinajstić information content (AvgIpc) is 2.40. The zero-order valence-corrected chi connectivity index (χ0v) is 12.3. The maximum absolute atomic E-state index is 13.4. The Morgan fingerprint density at radius 2 is 1.80 bits per heavy atom. The molecule has 2 aromatic carbocycles. The van der Waals surface area contributed by atoms with E-state index in [1.807, 2.05) is 18.9 Å². The molecule has 106 valence electrons. The number of halogens is 1. The van der Waals surface area contributed by atoms with Crippen LogP contribution in [0.4, 0.5) is 10.1 Å². The predicted molar refractivity (Wildman–Crippen MR) is 80.8 cm³/mol. The highest BCUT2D eigenvalue weighted by molar-refractivity contribution is 5.56. The normalized spacial score (nSPS) is 12.2. The minimum absolute atomic E-state index is 0.118. The molecule has 0 amide bonds. The van der Waals surface area contributed by atoms with Gasteiger partial charge in [0.15, 0.2) is 0 Å². The Morgan fingerprint density at radius 1 is 1.10 bits per heavy atom. The summed E-state index contributed by atoms with van der Waals surface area (Å²) in [7, 11) is 1.95. The Hall–Kier alpha value is -2.03. The van der Waals surface area contributed by atoms with Crippen molar-refractivity contribution in [3.8, 4) is 5.75 Å². The molecule has 0 heterocycles. The monoisotopic (exact) mass is 273 g/mol. The van der Waals surface area contributed by atoms with E-state index >= 15 is 0 Å². The van der Waals surface area contributed by atoms with Crippen LogP contribution in [0.3, 0.4) is 0 Å². The molecule has 2 aromatic rings. The van der Waals surface area contributed by atoms with Crippen LogP contribution in [-0.4, -0.2) is 12.2 Å². The largest absolute Gasteiger partial charge is 0.508 e. The number of aromatic hydroxyl groups is 1. The highest BCUT2D eigenvalue weighted by Crippen LogP contribution is 2.32. The molecule has 0 aromatic heterocycles. The number of hydrogen-bond acceptors (Lipinski definition) is 2. The molecule has 0 radical (unpaired) electrons. The Balaban J connectivity index is 2.37. The lowest BCUT2D eigenvalue weighted by Gasteiger charge is -2.29. The fraction of sp³-hybridized carbons (Fsp3) is 0.294. The van der Waals surface area contributed by atoms with Crippen molar-refractivity contribution in [1.82, 2.24) is 0 Å². The summed E-state index contributed by atoms with van der Waals surface area (Å²) in [6, 6.07) is 10.2. The Labute approximate surface area is 119 Å². The quantitative estimate of drug-likeness (QED) is 0.899. The first kappa shape index (κ1) is 14.4. The van der Waals surface area contributed by atoms with Crippen molar-refractivity contribution in [2.24, 2.45) is 0 Å². The van der Waals surface area contributed by atoms with Gasteiger partial charge in [-0.15, -0.1) is 0 Å². The van der Waals surface area contributed by atoms with E-state index < -0.39 is 0 Å². The number of nitrogens with zero attached hydrogens (tertiary/aromatic N) is 1. The first-order valence-corrected chi connectivity index (χ1v) is 6.68. The van der Waals surface area contributed by atoms with Crippen LogP contribution >= 0.6 is 0 Å². The third-order valence-electron chi connectivity index (χ3n) is 3.75. The van der Waals surface area contributed by atoms with Crippen molar-refractivity contribution >= 4 is 5.69 Å². The summed E-state index contributed by atoms with van der Waals surface area (Å²) < 4.78 is 13.4. The van der Waals surface area contributed by atoms with Crippen LogP contribution in [0.25, 0.3) is 0 Å². The van der Waals surface area contributed by atoms with Crippen molar-refractivity contribution < 1.29 is 9.50 Å². The van der Waals surface area contributed by atoms with Crippen molar-refractivity contribution in [1.29, 1.82) is 0 Å². The minimum Gasteiger partial charge on any atom is -0.508 e. The molecule has 2 rings (SSSR count). The summed E-state index contributed by atoms with van der Waals surface area (Å²) in [5, 5.41) is 9.92. The highest BCUT2D eigenvalue weighted by Gasteiger charge is 2.17. The van der Waals surface area contributed by atoms with Gasteiger partial charge in [0.25, 0.3) is 0 Å². The molecule has 0 saturated carbocycles. The van der Waals surface area contributed by atoms with E-state index in [2.05, 4.69) is 32.0 Å². The molecule has 0 fully saturated rings. The van der Waals surface area contributed by atoms with Gasteiger partial charge in [-0.2, -0.15) is 0 Å². The lowest BCUT2D eigenvalue weighted by molar-refractivity contribution is 0.459. The molecule has 1 unspecified atom stereocenters. The van der Waals surface area contributed by atoms with Gasteiger partial charge in [0.05, 0.1) is 6.04 Å². The van der Waals surface area contributed by atoms with E-state index in [1.54, 1.807) is 0 Å². The highest BCUT2D eigenvalue weighted by atomic mass is 19.1. The number of phenolic OH excluding ortho intramolecular Hbond substituents is 1. The summed E-state index contributed by atoms with van der Waals surface area (Å²) in [6.07, 6.45) is 0. The van der Waals surface area contributed by atoms with Crippen LogP contribution in [0.5, 0.6) is 5.75 Å². The van der Waals surface area contributed by atoms with E-state index in [9.17, 15) is 9.50 Å². The maximum atomic E-state index is 13.4. The second kappa shape index (κ2) is 5.53. The lowest BCUT2D eigenvalue weighted by Crippen LogP contribution is -2.22. The molecule has 2 nitrogen and oxygen atoms in total. The SMILES string of the molecule is Cc1ccc(N(C)C(C)c2cc(F)ccc2O)c(C)c1. The second-order valence-electron chi connectivity index (χ2n) is 5.28. The molecule has 0 aliphatic carbocycles. The number of hydrogen-bond donors (Lipinski definition) is 1. The fourth-order valence-corrected chi connectivity index (χ4v) is 2.48. The number of aryl methyl sites for hydroxylation is 2. The molecular formula is C17H20FNO. The summed E-state index contributed by atoms with van der Waals surface area (Å²) in [5.41, 5.74) is 4.04. The van der Waals surface area contributed by atoms with Crippen LogP contribution in [0.2, 0.25) is 0 Å². The molecule has 0 saturated heterocycles. The maximum Gasteiger partial charge on any atom is 0.123 e. The third-order valence-corrected chi connectivity index (χ3v) is 3.75. The first-order valence-electron chi connectivity index (χ1n) is 6.68. The van der Waals surface area contributed by atoms with Crippen LogP contribution in [0.15, 0.2) is 36.4 Å². The van der Waals surface area contributed by atoms with Crippen molar-refractivity contribution in [2.75, 3.05) is 11.9 Å². The molecule has 0 aliphatic rings. The summed E-state index contributed by atoms with van der Waals surface area (Å²) in [4.78, 5) is 2.04. The predicted octanol–water partition coefficient (Wildman–Crippen LogP) is 4.35. The van der Waals surface area contributed by atoms with Gasteiger partial charge in [-0.3, -0.25) is 0 Å². The van der Waals surface area contributed by atoms with Gasteiger partial charge in [0, 0.05) is 18.3 Å². The van der Waals surface area contributed by atoms with Gasteiger partial charge >= 0.3 is 0 Å². The zero-order chi connectivity index (χ0) is 14.9. The summed E-state index contributed by atoms with van der Waals surface area (Å²) in [5.74, 6) is -0.214. The molecule has 20 heavy (non-hydrogen) atoms. The van der Waals surface area contributed by atoms with E-state index in [0.717, 1.165) is 11.3 Å². The van der Waals surface area contributed by atoms with Crippen LogP contribution in [-0.2, 0) is 0 Å². The van der Waals surface area contributed by atoms with E-state index in [-0.39, 0.29) is 17.6 Å². The van der Waals surface area contributed by atoms with Gasteiger partial charge in [-0.25, -0.2) is 4.39 Å². The van der Waals surface area contributed by atoms with E-state index in [1.165, 1.54) is 23.8 Å². The van der Waals surface area contributed by atoms with Crippen LogP contribution < -0.4 is 4.90 Å². The van der Waals surface area contributed by atoms with E-state index in [4.69, 9.17) is 0 Å². The molecular weight excluding hydrogens is 253 g/mol. The van der Waals surface area contributed by atoms with Crippen molar-refractivity contribution in [3.63, 3.8) is 0 Å². The summed E-state index contributed by atoms with van der Waals surface area (Å²) in [6.45, 7) is 6.06. The zero-order valence-electron chi connectivity index (χ0n) is 12.3. The van der Waals surface area contributed by atoms with Gasteiger partial charge < -0.3 is 10.0 Å². The number of rotatable bonds is 3. The molecule has 1 atom stereocenters. The smallest absolute Gasteiger partial charge is 0.123 e. The molecule has 3 heteroatoms. The average molecular weight is 273 g/mol. The minimum atomic E-state index is -0.335. The Kier molecular flexibility index (Phi) is 3.98. The molecule has 0 bridgehead atoms. The lowest BCUT2D eigenvalue weighted by atomic mass is 10.0. The van der Waals surface area contributed by atoms with E-state index in [0.29, 0.717) is 5.56 Å². The van der Waals surface area contributed by atoms with Gasteiger partial charge in [-0.05, 0) is 50.6 Å². The van der Waals surface area contributed by atoms with Gasteiger partial charge in [0.1, 0.15) is 11.6 Å². The second-order valence-corrected chi connectivity index (χ2v) is 5.28. The number of anilines is 1. The standard InChI is InChI=1S/C17H20FNO/c1-11-5-7-16(12(2)9-11)19(4)13(3)15-10-14(18)6-8-17(15)20/h5-10,13,20H,1-4H3. The molecule has 0 aliphatic heterocycles. The van der Waals surface area contributed by atoms with Crippen LogP contribution in [0, 0.1) is 19.7 Å². The third kappa shape index (κ3) is 2.77. The number of phenols is 1. The Morgan fingerprint density at radius 3 is 2.45 bits per heavy atom. The van der Waals surface area contributed by atoms with Crippen molar-refractivity contribution in [2.45, 2.75) is 26.8 Å². The number of benzene rings is 2. The molecule has 1 N–H and O–H groups in total.